The number of carboxylic acids is 1. The summed E-state index contributed by atoms with van der Waals surface area (Å²) in [7, 11) is 0. The van der Waals surface area contributed by atoms with Crippen molar-refractivity contribution in [2.24, 2.45) is 5.41 Å². The quantitative estimate of drug-likeness (QED) is 0.745. The second-order valence-electron chi connectivity index (χ2n) is 5.05. The molecule has 0 aliphatic heterocycles. The standard InChI is InChI=1S/C12H21NO3/c1-3-16-10-7-9(12(10)5-4-6-12)13-8(2)11(14)15/h8-10,13H,3-7H2,1-2H3,(H,14,15). The molecule has 0 aromatic rings. The third kappa shape index (κ3) is 1.74. The normalized spacial score (nSPS) is 32.9. The SMILES string of the molecule is CCOC1CC(NC(C)C(=O)O)C12CCC2. The summed E-state index contributed by atoms with van der Waals surface area (Å²) >= 11 is 0. The average Bonchev–Trinajstić information content (AvgIpc) is 2.12. The summed E-state index contributed by atoms with van der Waals surface area (Å²) in [6.45, 7) is 4.49. The zero-order valence-electron chi connectivity index (χ0n) is 10.0. The van der Waals surface area contributed by atoms with E-state index in [-0.39, 0.29) is 5.41 Å². The first-order valence-corrected chi connectivity index (χ1v) is 6.20. The van der Waals surface area contributed by atoms with Crippen molar-refractivity contribution in [3.63, 3.8) is 0 Å². The monoisotopic (exact) mass is 227 g/mol. The van der Waals surface area contributed by atoms with Gasteiger partial charge in [0.15, 0.2) is 0 Å². The van der Waals surface area contributed by atoms with Gasteiger partial charge in [-0.2, -0.15) is 0 Å². The van der Waals surface area contributed by atoms with Gasteiger partial charge in [0.25, 0.3) is 0 Å². The maximum absolute atomic E-state index is 10.8. The summed E-state index contributed by atoms with van der Waals surface area (Å²) < 4.78 is 5.72. The second kappa shape index (κ2) is 4.34. The minimum Gasteiger partial charge on any atom is -0.480 e. The number of carbonyl (C=O) groups is 1. The molecule has 0 heterocycles. The maximum Gasteiger partial charge on any atom is 0.320 e. The lowest BCUT2D eigenvalue weighted by Gasteiger charge is -2.61. The summed E-state index contributed by atoms with van der Waals surface area (Å²) in [5.74, 6) is -0.769. The average molecular weight is 227 g/mol. The number of hydrogen-bond donors (Lipinski definition) is 2. The highest BCUT2D eigenvalue weighted by Gasteiger charge is 2.59. The molecule has 2 saturated carbocycles. The zero-order chi connectivity index (χ0) is 11.8. The number of carboxylic acid groups (broad SMARTS) is 1. The molecule has 92 valence electrons. The van der Waals surface area contributed by atoms with Gasteiger partial charge in [-0.1, -0.05) is 6.42 Å². The van der Waals surface area contributed by atoms with Crippen LogP contribution < -0.4 is 5.32 Å². The number of hydrogen-bond acceptors (Lipinski definition) is 3. The van der Waals surface area contributed by atoms with Crippen molar-refractivity contribution in [2.75, 3.05) is 6.61 Å². The molecule has 0 aromatic carbocycles. The lowest BCUT2D eigenvalue weighted by Crippen LogP contribution is -2.68. The van der Waals surface area contributed by atoms with Gasteiger partial charge in [-0.25, -0.2) is 0 Å². The number of aliphatic carboxylic acids is 1. The van der Waals surface area contributed by atoms with Gasteiger partial charge in [-0.15, -0.1) is 0 Å². The van der Waals surface area contributed by atoms with Gasteiger partial charge in [0.05, 0.1) is 6.10 Å². The molecule has 0 aromatic heterocycles. The van der Waals surface area contributed by atoms with E-state index in [4.69, 9.17) is 9.84 Å². The highest BCUT2D eigenvalue weighted by Crippen LogP contribution is 2.57. The maximum atomic E-state index is 10.8. The summed E-state index contributed by atoms with van der Waals surface area (Å²) in [5, 5.41) is 12.1. The summed E-state index contributed by atoms with van der Waals surface area (Å²) in [6.07, 6.45) is 4.93. The van der Waals surface area contributed by atoms with Crippen LogP contribution in [0.25, 0.3) is 0 Å². The van der Waals surface area contributed by atoms with Gasteiger partial charge in [-0.3, -0.25) is 4.79 Å². The summed E-state index contributed by atoms with van der Waals surface area (Å²) in [5.41, 5.74) is 0.250. The Morgan fingerprint density at radius 3 is 2.75 bits per heavy atom. The lowest BCUT2D eigenvalue weighted by molar-refractivity contribution is -0.176. The minimum absolute atomic E-state index is 0.250. The predicted molar refractivity (Wildman–Crippen MR) is 60.3 cm³/mol. The van der Waals surface area contributed by atoms with E-state index >= 15 is 0 Å². The topological polar surface area (TPSA) is 58.6 Å². The Labute approximate surface area is 96.4 Å². The molecule has 2 aliphatic rings. The first-order valence-electron chi connectivity index (χ1n) is 6.20. The van der Waals surface area contributed by atoms with E-state index < -0.39 is 12.0 Å². The molecule has 2 rings (SSSR count). The molecular formula is C12H21NO3. The van der Waals surface area contributed by atoms with Crippen molar-refractivity contribution in [2.45, 2.75) is 57.7 Å². The van der Waals surface area contributed by atoms with Crippen molar-refractivity contribution in [3.05, 3.63) is 0 Å². The van der Waals surface area contributed by atoms with Gasteiger partial charge in [0, 0.05) is 18.1 Å². The number of nitrogens with one attached hydrogen (secondary N) is 1. The van der Waals surface area contributed by atoms with E-state index in [1.807, 2.05) is 6.92 Å². The Kier molecular flexibility index (Phi) is 3.22. The highest BCUT2D eigenvalue weighted by atomic mass is 16.5. The first-order chi connectivity index (χ1) is 7.60. The van der Waals surface area contributed by atoms with Crippen LogP contribution in [0.2, 0.25) is 0 Å². The van der Waals surface area contributed by atoms with Crippen molar-refractivity contribution in [3.8, 4) is 0 Å². The van der Waals surface area contributed by atoms with Gasteiger partial charge < -0.3 is 15.2 Å². The fourth-order valence-corrected chi connectivity index (χ4v) is 3.05. The molecule has 4 nitrogen and oxygen atoms in total. The van der Waals surface area contributed by atoms with Crippen molar-refractivity contribution < 1.29 is 14.6 Å². The van der Waals surface area contributed by atoms with Gasteiger partial charge in [-0.05, 0) is 33.1 Å². The summed E-state index contributed by atoms with van der Waals surface area (Å²) in [4.78, 5) is 10.8. The Bertz CT molecular complexity index is 275. The van der Waals surface area contributed by atoms with Crippen LogP contribution >= 0.6 is 0 Å². The molecule has 16 heavy (non-hydrogen) atoms. The van der Waals surface area contributed by atoms with Crippen LogP contribution in [0, 0.1) is 5.41 Å². The number of ether oxygens (including phenoxy) is 1. The minimum atomic E-state index is -0.769. The van der Waals surface area contributed by atoms with Gasteiger partial charge in [0.2, 0.25) is 0 Å². The van der Waals surface area contributed by atoms with Crippen LogP contribution in [0.5, 0.6) is 0 Å². The van der Waals surface area contributed by atoms with Crippen LogP contribution in [0.15, 0.2) is 0 Å². The van der Waals surface area contributed by atoms with Crippen LogP contribution in [-0.4, -0.2) is 35.9 Å². The molecule has 2 N–H and O–H groups in total. The van der Waals surface area contributed by atoms with Crippen LogP contribution in [0.4, 0.5) is 0 Å². The largest absolute Gasteiger partial charge is 0.480 e. The molecule has 2 fully saturated rings. The predicted octanol–water partition coefficient (Wildman–Crippen LogP) is 1.40. The van der Waals surface area contributed by atoms with E-state index in [9.17, 15) is 4.79 Å². The third-order valence-corrected chi connectivity index (χ3v) is 4.26. The molecule has 0 bridgehead atoms. The van der Waals surface area contributed by atoms with Gasteiger partial charge in [0.1, 0.15) is 6.04 Å². The molecule has 0 amide bonds. The molecular weight excluding hydrogens is 206 g/mol. The van der Waals surface area contributed by atoms with E-state index in [0.29, 0.717) is 12.1 Å². The molecule has 0 saturated heterocycles. The third-order valence-electron chi connectivity index (χ3n) is 4.26. The smallest absolute Gasteiger partial charge is 0.320 e. The molecule has 4 heteroatoms. The fourth-order valence-electron chi connectivity index (χ4n) is 3.05. The Morgan fingerprint density at radius 2 is 2.31 bits per heavy atom. The van der Waals surface area contributed by atoms with Crippen LogP contribution in [0.3, 0.4) is 0 Å². The first kappa shape index (κ1) is 11.9. The van der Waals surface area contributed by atoms with Crippen LogP contribution in [0.1, 0.15) is 39.5 Å². The van der Waals surface area contributed by atoms with E-state index in [1.54, 1.807) is 6.92 Å². The summed E-state index contributed by atoms with van der Waals surface area (Å²) in [6, 6.07) is -0.117. The Hall–Kier alpha value is -0.610. The highest BCUT2D eigenvalue weighted by molar-refractivity contribution is 5.72. The van der Waals surface area contributed by atoms with Gasteiger partial charge >= 0.3 is 5.97 Å². The molecule has 0 radical (unpaired) electrons. The second-order valence-corrected chi connectivity index (χ2v) is 5.05. The molecule has 1 spiro atoms. The molecule has 3 atom stereocenters. The van der Waals surface area contributed by atoms with E-state index in [1.165, 1.54) is 19.3 Å². The Balaban J connectivity index is 1.91. The van der Waals surface area contributed by atoms with Crippen LogP contribution in [-0.2, 0) is 9.53 Å². The lowest BCUT2D eigenvalue weighted by atomic mass is 9.51. The number of rotatable bonds is 5. The Morgan fingerprint density at radius 1 is 1.62 bits per heavy atom. The molecule has 2 aliphatic carbocycles. The van der Waals surface area contributed by atoms with E-state index in [0.717, 1.165) is 13.0 Å². The van der Waals surface area contributed by atoms with Crippen molar-refractivity contribution in [1.82, 2.24) is 5.32 Å². The fraction of sp³-hybridized carbons (Fsp3) is 0.917. The zero-order valence-corrected chi connectivity index (χ0v) is 10.0. The van der Waals surface area contributed by atoms with E-state index in [2.05, 4.69) is 5.32 Å². The van der Waals surface area contributed by atoms with Crippen molar-refractivity contribution in [1.29, 1.82) is 0 Å². The van der Waals surface area contributed by atoms with Crippen molar-refractivity contribution >= 4 is 5.97 Å². The molecule has 3 unspecified atom stereocenters.